The number of aliphatic hydroxyl groups is 1. The second-order valence-electron chi connectivity index (χ2n) is 4.50. The first-order valence-corrected chi connectivity index (χ1v) is 6.70. The number of alkyl halides is 1. The van der Waals surface area contributed by atoms with E-state index >= 15 is 0 Å². The van der Waals surface area contributed by atoms with E-state index in [1.165, 1.54) is 17.0 Å². The predicted octanol–water partition coefficient (Wildman–Crippen LogP) is 1.56. The van der Waals surface area contributed by atoms with Gasteiger partial charge in [-0.25, -0.2) is 14.4 Å². The third kappa shape index (κ3) is 1.83. The summed E-state index contributed by atoms with van der Waals surface area (Å²) in [6.07, 6.45) is -0.303. The summed E-state index contributed by atoms with van der Waals surface area (Å²) in [6.45, 7) is 3.52. The van der Waals surface area contributed by atoms with Crippen molar-refractivity contribution in [3.05, 3.63) is 29.7 Å². The van der Waals surface area contributed by atoms with Gasteiger partial charge < -0.3 is 20.1 Å². The first kappa shape index (κ1) is 13.5. The Kier molecular flexibility index (Phi) is 3.23. The van der Waals surface area contributed by atoms with Crippen LogP contribution in [0, 0.1) is 0 Å². The maximum absolute atomic E-state index is 14.2. The molecule has 0 saturated carbocycles. The maximum Gasteiger partial charge on any atom is 0.174 e. The molecule has 3 heterocycles. The number of nitrogen functional groups attached to an aromatic ring is 1. The summed E-state index contributed by atoms with van der Waals surface area (Å²) in [4.78, 5) is 8.00. The summed E-state index contributed by atoms with van der Waals surface area (Å²) < 4.78 is 21.8. The van der Waals surface area contributed by atoms with E-state index in [1.807, 2.05) is 0 Å². The van der Waals surface area contributed by atoms with Gasteiger partial charge >= 0.3 is 0 Å². The van der Waals surface area contributed by atoms with Crippen LogP contribution in [-0.4, -0.2) is 38.0 Å². The molecule has 0 aliphatic carbocycles. The van der Waals surface area contributed by atoms with Gasteiger partial charge in [0.1, 0.15) is 30.0 Å². The average molecular weight is 343 g/mol. The molecule has 0 bridgehead atoms. The molecule has 1 aliphatic rings. The number of hydrogen-bond donors (Lipinski definition) is 2. The second kappa shape index (κ2) is 4.80. The summed E-state index contributed by atoms with van der Waals surface area (Å²) >= 11 is 3.34. The van der Waals surface area contributed by atoms with Gasteiger partial charge in [-0.05, 0) is 15.9 Å². The van der Waals surface area contributed by atoms with Gasteiger partial charge in [-0.15, -0.1) is 6.58 Å². The average Bonchev–Trinajstić information content (AvgIpc) is 2.90. The number of nitrogens with zero attached hydrogens (tertiary/aromatic N) is 3. The van der Waals surface area contributed by atoms with E-state index in [0.717, 1.165) is 0 Å². The minimum Gasteiger partial charge on any atom is -0.387 e. The molecule has 1 saturated heterocycles. The molecule has 3 N–H and O–H groups in total. The van der Waals surface area contributed by atoms with Crippen LogP contribution in [0.3, 0.4) is 0 Å². The fraction of sp³-hybridized carbons (Fsp3) is 0.333. The number of ether oxygens (including phenoxy) is 1. The van der Waals surface area contributed by atoms with E-state index < -0.39 is 24.6 Å². The third-order valence-corrected chi connectivity index (χ3v) is 3.93. The normalized spacial score (nSPS) is 29.9. The highest BCUT2D eigenvalue weighted by Crippen LogP contribution is 2.37. The molecule has 0 unspecified atom stereocenters. The van der Waals surface area contributed by atoms with Gasteiger partial charge in [0, 0.05) is 10.7 Å². The Morgan fingerprint density at radius 3 is 2.95 bits per heavy atom. The van der Waals surface area contributed by atoms with Gasteiger partial charge in [0.05, 0.1) is 5.39 Å². The Morgan fingerprint density at radius 2 is 2.30 bits per heavy atom. The van der Waals surface area contributed by atoms with Crippen molar-refractivity contribution < 1.29 is 14.2 Å². The maximum atomic E-state index is 14.2. The lowest BCUT2D eigenvalue weighted by Gasteiger charge is -2.15. The highest BCUT2D eigenvalue weighted by Gasteiger charge is 2.44. The van der Waals surface area contributed by atoms with Crippen molar-refractivity contribution in [2.24, 2.45) is 0 Å². The number of hydrogen-bond acceptors (Lipinski definition) is 5. The first-order valence-electron chi connectivity index (χ1n) is 5.91. The van der Waals surface area contributed by atoms with Crippen molar-refractivity contribution in [2.45, 2.75) is 24.6 Å². The Bertz CT molecular complexity index is 677. The Morgan fingerprint density at radius 1 is 1.55 bits per heavy atom. The number of nitrogens with two attached hydrogens (primary N) is 1. The lowest BCUT2D eigenvalue weighted by molar-refractivity contribution is -0.00128. The fourth-order valence-corrected chi connectivity index (χ4v) is 2.94. The standard InChI is InChI=1S/C12H12BrFN4O2/c1-2-6-9(19)8(14)12(20-6)18-3-5(13)7-10(15)16-4-17-11(7)18/h2-4,6,8-9,12,19H,1H2,(H2,15,16,17)/t6-,8-,9-,12-/m1/s1. The quantitative estimate of drug-likeness (QED) is 0.809. The van der Waals surface area contributed by atoms with Crippen LogP contribution in [0.1, 0.15) is 6.23 Å². The molecule has 0 spiro atoms. The highest BCUT2D eigenvalue weighted by atomic mass is 79.9. The zero-order chi connectivity index (χ0) is 14.4. The molecule has 2 aromatic rings. The van der Waals surface area contributed by atoms with E-state index in [1.54, 1.807) is 6.20 Å². The first-order chi connectivity index (χ1) is 9.54. The van der Waals surface area contributed by atoms with Gasteiger partial charge in [0.25, 0.3) is 0 Å². The van der Waals surface area contributed by atoms with Crippen molar-refractivity contribution >= 4 is 32.8 Å². The van der Waals surface area contributed by atoms with Crippen LogP contribution < -0.4 is 5.73 Å². The van der Waals surface area contributed by atoms with Crippen LogP contribution in [0.15, 0.2) is 29.7 Å². The SMILES string of the molecule is C=C[C@H]1O[C@@H](n2cc(Br)c3c(N)ncnc32)[C@H](F)[C@@H]1O. The number of anilines is 1. The monoisotopic (exact) mass is 342 g/mol. The molecule has 1 fully saturated rings. The topological polar surface area (TPSA) is 86.2 Å². The van der Waals surface area contributed by atoms with Gasteiger partial charge in [-0.1, -0.05) is 6.08 Å². The molecule has 4 atom stereocenters. The van der Waals surface area contributed by atoms with Crippen molar-refractivity contribution in [1.29, 1.82) is 0 Å². The molecule has 106 valence electrons. The molecule has 2 aromatic heterocycles. The Balaban J connectivity index is 2.12. The Labute approximate surface area is 122 Å². The zero-order valence-corrected chi connectivity index (χ0v) is 11.9. The van der Waals surface area contributed by atoms with Crippen LogP contribution in [-0.2, 0) is 4.74 Å². The van der Waals surface area contributed by atoms with Gasteiger partial charge in [-0.2, -0.15) is 0 Å². The fourth-order valence-electron chi connectivity index (χ4n) is 2.34. The summed E-state index contributed by atoms with van der Waals surface area (Å²) in [6, 6.07) is 0. The van der Waals surface area contributed by atoms with Gasteiger partial charge in [-0.3, -0.25) is 0 Å². The van der Waals surface area contributed by atoms with Crippen LogP contribution in [0.2, 0.25) is 0 Å². The number of rotatable bonds is 2. The molecular formula is C12H12BrFN4O2. The summed E-state index contributed by atoms with van der Waals surface area (Å²) in [5.74, 6) is 0.287. The van der Waals surface area contributed by atoms with Gasteiger partial charge in [0.15, 0.2) is 12.4 Å². The zero-order valence-electron chi connectivity index (χ0n) is 10.3. The van der Waals surface area contributed by atoms with Crippen molar-refractivity contribution in [1.82, 2.24) is 14.5 Å². The molecule has 6 nitrogen and oxygen atoms in total. The van der Waals surface area contributed by atoms with Crippen LogP contribution >= 0.6 is 15.9 Å². The lowest BCUT2D eigenvalue weighted by atomic mass is 10.1. The van der Waals surface area contributed by atoms with Crippen molar-refractivity contribution in [2.75, 3.05) is 5.73 Å². The molecular weight excluding hydrogens is 331 g/mol. The molecule has 0 amide bonds. The highest BCUT2D eigenvalue weighted by molar-refractivity contribution is 9.10. The number of fused-ring (bicyclic) bond motifs is 1. The minimum atomic E-state index is -1.59. The van der Waals surface area contributed by atoms with Gasteiger partial charge in [0.2, 0.25) is 0 Å². The van der Waals surface area contributed by atoms with Crippen LogP contribution in [0.25, 0.3) is 11.0 Å². The van der Waals surface area contributed by atoms with Crippen molar-refractivity contribution in [3.8, 4) is 0 Å². The van der Waals surface area contributed by atoms with E-state index in [9.17, 15) is 9.50 Å². The van der Waals surface area contributed by atoms with Crippen LogP contribution in [0.5, 0.6) is 0 Å². The molecule has 0 aromatic carbocycles. The Hall–Kier alpha value is -1.51. The smallest absolute Gasteiger partial charge is 0.174 e. The van der Waals surface area contributed by atoms with Crippen molar-refractivity contribution in [3.63, 3.8) is 0 Å². The lowest BCUT2D eigenvalue weighted by Crippen LogP contribution is -2.27. The van der Waals surface area contributed by atoms with E-state index in [4.69, 9.17) is 10.5 Å². The molecule has 20 heavy (non-hydrogen) atoms. The number of halogens is 2. The van der Waals surface area contributed by atoms with E-state index in [2.05, 4.69) is 32.5 Å². The van der Waals surface area contributed by atoms with E-state index in [-0.39, 0.29) is 5.82 Å². The summed E-state index contributed by atoms with van der Waals surface area (Å²) in [5, 5.41) is 10.4. The second-order valence-corrected chi connectivity index (χ2v) is 5.36. The molecule has 1 aliphatic heterocycles. The molecule has 8 heteroatoms. The number of aliphatic hydroxyl groups excluding tert-OH is 1. The predicted molar refractivity (Wildman–Crippen MR) is 74.7 cm³/mol. The molecule has 3 rings (SSSR count). The largest absolute Gasteiger partial charge is 0.387 e. The number of aromatic nitrogens is 3. The minimum absolute atomic E-state index is 0.287. The van der Waals surface area contributed by atoms with Crippen LogP contribution in [0.4, 0.5) is 10.2 Å². The summed E-state index contributed by atoms with van der Waals surface area (Å²) in [7, 11) is 0. The summed E-state index contributed by atoms with van der Waals surface area (Å²) in [5.41, 5.74) is 6.23. The van der Waals surface area contributed by atoms with E-state index in [0.29, 0.717) is 15.5 Å². The molecule has 0 radical (unpaired) electrons. The third-order valence-electron chi connectivity index (χ3n) is 3.33.